The zero-order chi connectivity index (χ0) is 14.0. The fraction of sp³-hybridized carbons (Fsp3) is 0.600. The van der Waals surface area contributed by atoms with Gasteiger partial charge in [0, 0.05) is 22.0 Å². The number of hydrazine groups is 1. The average Bonchev–Trinajstić information content (AvgIpc) is 2.88. The summed E-state index contributed by atoms with van der Waals surface area (Å²) >= 11 is 4.38. The van der Waals surface area contributed by atoms with Crippen molar-refractivity contribution < 1.29 is 4.74 Å². The van der Waals surface area contributed by atoms with Crippen LogP contribution in [0, 0.1) is 9.49 Å². The number of hydrogen-bond donors (Lipinski definition) is 2. The van der Waals surface area contributed by atoms with E-state index in [1.165, 1.54) is 21.3 Å². The van der Waals surface area contributed by atoms with Gasteiger partial charge >= 0.3 is 0 Å². The van der Waals surface area contributed by atoms with E-state index >= 15 is 0 Å². The third-order valence-corrected chi connectivity index (χ3v) is 6.35. The van der Waals surface area contributed by atoms with Gasteiger partial charge in [0.05, 0.1) is 5.60 Å². The number of ether oxygens (including phenoxy) is 1. The maximum absolute atomic E-state index is 6.12. The largest absolute Gasteiger partial charge is 0.374 e. The van der Waals surface area contributed by atoms with E-state index in [4.69, 9.17) is 10.6 Å². The quantitative estimate of drug-likeness (QED) is 0.462. The molecule has 0 aromatic heterocycles. The zero-order valence-electron chi connectivity index (χ0n) is 11.5. The molecule has 2 aliphatic heterocycles. The lowest BCUT2D eigenvalue weighted by molar-refractivity contribution is -0.0854. The van der Waals surface area contributed by atoms with Gasteiger partial charge in [-0.1, -0.05) is 12.1 Å². The van der Waals surface area contributed by atoms with Gasteiger partial charge in [0.1, 0.15) is 0 Å². The maximum Gasteiger partial charge on any atom is 0.0783 e. The van der Waals surface area contributed by atoms with E-state index in [0.29, 0.717) is 5.92 Å². The highest BCUT2D eigenvalue weighted by Gasteiger charge is 2.42. The average molecular weight is 404 g/mol. The summed E-state index contributed by atoms with van der Waals surface area (Å²) in [6.45, 7) is 0.868. The summed E-state index contributed by atoms with van der Waals surface area (Å²) in [5.41, 5.74) is 4.47. The molecular weight excluding hydrogens is 383 g/mol. The normalized spacial score (nSPS) is 31.6. The van der Waals surface area contributed by atoms with Crippen LogP contribution >= 0.6 is 34.4 Å². The van der Waals surface area contributed by atoms with Gasteiger partial charge in [0.2, 0.25) is 0 Å². The van der Waals surface area contributed by atoms with Gasteiger partial charge in [0.25, 0.3) is 0 Å². The lowest BCUT2D eigenvalue weighted by atomic mass is 9.79. The summed E-state index contributed by atoms with van der Waals surface area (Å²) in [5, 5.41) is 0. The van der Waals surface area contributed by atoms with Crippen molar-refractivity contribution in [2.45, 2.75) is 30.9 Å². The predicted molar refractivity (Wildman–Crippen MR) is 92.6 cm³/mol. The summed E-state index contributed by atoms with van der Waals surface area (Å²) < 4.78 is 7.38. The Bertz CT molecular complexity index is 465. The summed E-state index contributed by atoms with van der Waals surface area (Å²) in [6.07, 6.45) is 3.41. The third-order valence-electron chi connectivity index (χ3n) is 4.46. The Hall–Kier alpha value is 0.180. The zero-order valence-corrected chi connectivity index (χ0v) is 14.5. The summed E-state index contributed by atoms with van der Waals surface area (Å²) in [5.74, 6) is 8.81. The topological polar surface area (TPSA) is 47.3 Å². The smallest absolute Gasteiger partial charge is 0.0783 e. The van der Waals surface area contributed by atoms with E-state index in [1.807, 2.05) is 11.8 Å². The van der Waals surface area contributed by atoms with Gasteiger partial charge in [-0.25, -0.2) is 0 Å². The van der Waals surface area contributed by atoms with Crippen LogP contribution in [-0.2, 0) is 4.74 Å². The van der Waals surface area contributed by atoms with E-state index in [9.17, 15) is 0 Å². The van der Waals surface area contributed by atoms with Crippen LogP contribution < -0.4 is 11.3 Å². The highest BCUT2D eigenvalue weighted by Crippen LogP contribution is 2.43. The SMILES string of the molecule is NNC(c1cccc(I)c1)C1CCOC2(CCSC2)C1. The Morgan fingerprint density at radius 3 is 3.10 bits per heavy atom. The lowest BCUT2D eigenvalue weighted by Gasteiger charge is -2.41. The van der Waals surface area contributed by atoms with Gasteiger partial charge in [-0.05, 0) is 71.2 Å². The van der Waals surface area contributed by atoms with Crippen LogP contribution in [-0.4, -0.2) is 23.7 Å². The Morgan fingerprint density at radius 2 is 2.40 bits per heavy atom. The molecule has 0 amide bonds. The number of hydrogen-bond acceptors (Lipinski definition) is 4. The molecule has 1 aromatic carbocycles. The van der Waals surface area contributed by atoms with E-state index in [-0.39, 0.29) is 11.6 Å². The molecule has 2 saturated heterocycles. The van der Waals surface area contributed by atoms with Crippen molar-refractivity contribution in [1.82, 2.24) is 5.43 Å². The molecule has 2 fully saturated rings. The van der Waals surface area contributed by atoms with Crippen molar-refractivity contribution in [3.05, 3.63) is 33.4 Å². The number of nitrogens with one attached hydrogen (secondary N) is 1. The Kier molecular flexibility index (Phi) is 4.92. The predicted octanol–water partition coefficient (Wildman–Crippen LogP) is 3.10. The monoisotopic (exact) mass is 404 g/mol. The van der Waals surface area contributed by atoms with Crippen LogP contribution in [0.1, 0.15) is 30.9 Å². The Balaban J connectivity index is 1.78. The van der Waals surface area contributed by atoms with Crippen molar-refractivity contribution in [3.63, 3.8) is 0 Å². The number of benzene rings is 1. The van der Waals surface area contributed by atoms with Gasteiger partial charge in [0.15, 0.2) is 0 Å². The van der Waals surface area contributed by atoms with E-state index in [0.717, 1.165) is 25.2 Å². The van der Waals surface area contributed by atoms with Crippen LogP contribution in [0.4, 0.5) is 0 Å². The second kappa shape index (κ2) is 6.52. The molecule has 1 aromatic rings. The van der Waals surface area contributed by atoms with Crippen LogP contribution in [0.5, 0.6) is 0 Å². The molecule has 3 rings (SSSR count). The Morgan fingerprint density at radius 1 is 1.50 bits per heavy atom. The van der Waals surface area contributed by atoms with Crippen molar-refractivity contribution in [1.29, 1.82) is 0 Å². The highest BCUT2D eigenvalue weighted by molar-refractivity contribution is 14.1. The molecule has 3 unspecified atom stereocenters. The molecule has 3 atom stereocenters. The number of thioether (sulfide) groups is 1. The molecule has 0 radical (unpaired) electrons. The van der Waals surface area contributed by atoms with Crippen LogP contribution in [0.15, 0.2) is 24.3 Å². The minimum Gasteiger partial charge on any atom is -0.374 e. The van der Waals surface area contributed by atoms with Gasteiger partial charge in [-0.3, -0.25) is 11.3 Å². The van der Waals surface area contributed by atoms with E-state index in [1.54, 1.807) is 0 Å². The maximum atomic E-state index is 6.12. The van der Waals surface area contributed by atoms with Gasteiger partial charge < -0.3 is 4.74 Å². The standard InChI is InChI=1S/C15H21IN2OS/c16-13-3-1-2-11(8-13)14(18-17)12-4-6-19-15(9-12)5-7-20-10-15/h1-3,8,12,14,18H,4-7,9-10,17H2. The molecule has 2 heterocycles. The summed E-state index contributed by atoms with van der Waals surface area (Å²) in [6, 6.07) is 8.88. The molecule has 0 aliphatic carbocycles. The molecule has 1 spiro atoms. The van der Waals surface area contributed by atoms with Crippen molar-refractivity contribution in [2.75, 3.05) is 18.1 Å². The second-order valence-corrected chi connectivity index (χ2v) is 8.14. The first kappa shape index (κ1) is 15.1. The van der Waals surface area contributed by atoms with Crippen LogP contribution in [0.25, 0.3) is 0 Å². The first-order valence-electron chi connectivity index (χ1n) is 7.16. The summed E-state index contributed by atoms with van der Waals surface area (Å²) in [7, 11) is 0. The molecule has 5 heteroatoms. The molecule has 0 bridgehead atoms. The molecule has 3 nitrogen and oxygen atoms in total. The fourth-order valence-electron chi connectivity index (χ4n) is 3.42. The number of nitrogens with two attached hydrogens (primary N) is 1. The van der Waals surface area contributed by atoms with E-state index in [2.05, 4.69) is 52.3 Å². The van der Waals surface area contributed by atoms with Crippen LogP contribution in [0.2, 0.25) is 0 Å². The highest BCUT2D eigenvalue weighted by atomic mass is 127. The fourth-order valence-corrected chi connectivity index (χ4v) is 5.36. The summed E-state index contributed by atoms with van der Waals surface area (Å²) in [4.78, 5) is 0. The first-order valence-corrected chi connectivity index (χ1v) is 9.39. The molecule has 3 N–H and O–H groups in total. The minimum absolute atomic E-state index is 0.116. The molecule has 2 aliphatic rings. The molecular formula is C15H21IN2OS. The molecule has 20 heavy (non-hydrogen) atoms. The van der Waals surface area contributed by atoms with Crippen molar-refractivity contribution >= 4 is 34.4 Å². The third kappa shape index (κ3) is 3.16. The van der Waals surface area contributed by atoms with Gasteiger partial charge in [-0.2, -0.15) is 11.8 Å². The second-order valence-electron chi connectivity index (χ2n) is 5.79. The van der Waals surface area contributed by atoms with Crippen LogP contribution in [0.3, 0.4) is 0 Å². The first-order chi connectivity index (χ1) is 9.72. The van der Waals surface area contributed by atoms with Gasteiger partial charge in [-0.15, -0.1) is 0 Å². The molecule has 110 valence electrons. The minimum atomic E-state index is 0.116. The lowest BCUT2D eigenvalue weighted by Crippen LogP contribution is -2.45. The van der Waals surface area contributed by atoms with E-state index < -0.39 is 0 Å². The Labute approximate surface area is 138 Å². The van der Waals surface area contributed by atoms with Crippen molar-refractivity contribution in [2.24, 2.45) is 11.8 Å². The number of halogens is 1. The molecule has 0 saturated carbocycles. The van der Waals surface area contributed by atoms with Crippen molar-refractivity contribution in [3.8, 4) is 0 Å². The number of rotatable bonds is 3.